The predicted molar refractivity (Wildman–Crippen MR) is 85.0 cm³/mol. The lowest BCUT2D eigenvalue weighted by atomic mass is 10.0. The third kappa shape index (κ3) is 4.12. The second kappa shape index (κ2) is 6.16. The van der Waals surface area contributed by atoms with Crippen molar-refractivity contribution in [2.75, 3.05) is 24.6 Å². The predicted octanol–water partition coefficient (Wildman–Crippen LogP) is 2.44. The molecule has 0 aromatic heterocycles. The Labute approximate surface area is 133 Å². The highest BCUT2D eigenvalue weighted by molar-refractivity contribution is 8.21. The molecule has 2 heterocycles. The number of ether oxygens (including phenoxy) is 1. The van der Waals surface area contributed by atoms with E-state index in [1.54, 1.807) is 0 Å². The van der Waals surface area contributed by atoms with Crippen LogP contribution in [0.2, 0.25) is 0 Å². The van der Waals surface area contributed by atoms with Crippen LogP contribution >= 0.6 is 23.5 Å². The van der Waals surface area contributed by atoms with Crippen molar-refractivity contribution in [2.24, 2.45) is 0 Å². The van der Waals surface area contributed by atoms with Crippen LogP contribution in [0.4, 0.5) is 9.59 Å². The molecule has 0 radical (unpaired) electrons. The van der Waals surface area contributed by atoms with E-state index >= 15 is 0 Å². The Morgan fingerprint density at radius 2 is 1.95 bits per heavy atom. The van der Waals surface area contributed by atoms with Crippen LogP contribution in [0.5, 0.6) is 0 Å². The van der Waals surface area contributed by atoms with Crippen molar-refractivity contribution < 1.29 is 19.4 Å². The van der Waals surface area contributed by atoms with Crippen LogP contribution in [-0.2, 0) is 4.74 Å². The summed E-state index contributed by atoms with van der Waals surface area (Å²) in [6.45, 7) is 6.26. The Kier molecular flexibility index (Phi) is 4.87. The molecule has 0 bridgehead atoms. The zero-order chi connectivity index (χ0) is 15.7. The minimum atomic E-state index is -0.936. The number of amides is 2. The monoisotopic (exact) mass is 334 g/mol. The molecule has 2 fully saturated rings. The number of alkyl carbamates (subject to hydrolysis) is 1. The maximum Gasteiger partial charge on any atom is 0.408 e. The van der Waals surface area contributed by atoms with Crippen LogP contribution in [-0.4, -0.2) is 62.5 Å². The van der Waals surface area contributed by atoms with Gasteiger partial charge >= 0.3 is 12.2 Å². The van der Waals surface area contributed by atoms with Crippen molar-refractivity contribution >= 4 is 35.7 Å². The number of nitrogens with one attached hydrogen (secondary N) is 1. The topological polar surface area (TPSA) is 78.9 Å². The summed E-state index contributed by atoms with van der Waals surface area (Å²) in [5, 5.41) is 12.1. The molecule has 2 amide bonds. The van der Waals surface area contributed by atoms with Gasteiger partial charge in [-0.3, -0.25) is 0 Å². The molecule has 1 unspecified atom stereocenters. The number of nitrogens with zero attached hydrogens (tertiary/aromatic N) is 1. The molecule has 2 N–H and O–H groups in total. The van der Waals surface area contributed by atoms with Crippen LogP contribution in [0.15, 0.2) is 0 Å². The smallest absolute Gasteiger partial charge is 0.408 e. The van der Waals surface area contributed by atoms with Gasteiger partial charge in [0.05, 0.1) is 10.1 Å². The van der Waals surface area contributed by atoms with Crippen LogP contribution in [0.1, 0.15) is 27.2 Å². The van der Waals surface area contributed by atoms with E-state index in [-0.39, 0.29) is 10.1 Å². The summed E-state index contributed by atoms with van der Waals surface area (Å²) >= 11 is 3.64. The van der Waals surface area contributed by atoms with Crippen LogP contribution in [0.25, 0.3) is 0 Å². The average Bonchev–Trinajstić information content (AvgIpc) is 2.79. The normalized spacial score (nSPS) is 24.9. The number of piperidine rings is 1. The van der Waals surface area contributed by atoms with Gasteiger partial charge in [0, 0.05) is 24.6 Å². The Morgan fingerprint density at radius 3 is 2.48 bits per heavy atom. The van der Waals surface area contributed by atoms with Gasteiger partial charge in [-0.1, -0.05) is 0 Å². The molecule has 120 valence electrons. The van der Waals surface area contributed by atoms with Crippen molar-refractivity contribution in [3.8, 4) is 0 Å². The highest BCUT2D eigenvalue weighted by Gasteiger charge is 2.48. The lowest BCUT2D eigenvalue weighted by Gasteiger charge is -2.43. The van der Waals surface area contributed by atoms with Gasteiger partial charge in [-0.2, -0.15) is 0 Å². The highest BCUT2D eigenvalue weighted by atomic mass is 32.2. The van der Waals surface area contributed by atoms with Gasteiger partial charge in [-0.15, -0.1) is 23.5 Å². The molecule has 0 aromatic carbocycles. The molecule has 6 nitrogen and oxygen atoms in total. The molecule has 0 aliphatic carbocycles. The van der Waals surface area contributed by atoms with E-state index in [9.17, 15) is 14.7 Å². The Balaban J connectivity index is 2.06. The van der Waals surface area contributed by atoms with E-state index in [1.807, 2.05) is 44.3 Å². The van der Waals surface area contributed by atoms with Crippen LogP contribution in [0, 0.1) is 0 Å². The van der Waals surface area contributed by atoms with E-state index in [0.717, 1.165) is 17.9 Å². The third-order valence-corrected chi connectivity index (χ3v) is 7.14. The lowest BCUT2D eigenvalue weighted by Crippen LogP contribution is -2.60. The number of thioether (sulfide) groups is 2. The molecule has 0 aromatic rings. The fourth-order valence-corrected chi connectivity index (χ4v) is 5.84. The summed E-state index contributed by atoms with van der Waals surface area (Å²) < 4.78 is 5.18. The zero-order valence-corrected chi connectivity index (χ0v) is 14.2. The SMILES string of the molecule is CC(C)(C)OC(=O)NC1CN(C(=O)O)CCC12SCCS2. The van der Waals surface area contributed by atoms with Crippen LogP contribution < -0.4 is 5.32 Å². The fraction of sp³-hybridized carbons (Fsp3) is 0.846. The highest BCUT2D eigenvalue weighted by Crippen LogP contribution is 2.50. The quantitative estimate of drug-likeness (QED) is 0.767. The summed E-state index contributed by atoms with van der Waals surface area (Å²) in [6, 6.07) is -0.227. The van der Waals surface area contributed by atoms with Gasteiger partial charge in [-0.05, 0) is 27.2 Å². The zero-order valence-electron chi connectivity index (χ0n) is 12.5. The molecular weight excluding hydrogens is 312 g/mol. The van der Waals surface area contributed by atoms with E-state index in [1.165, 1.54) is 4.90 Å². The largest absolute Gasteiger partial charge is 0.465 e. The van der Waals surface area contributed by atoms with Gasteiger partial charge in [0.15, 0.2) is 0 Å². The average molecular weight is 334 g/mol. The molecule has 0 saturated carbocycles. The molecule has 21 heavy (non-hydrogen) atoms. The second-order valence-corrected chi connectivity index (χ2v) is 9.30. The molecule has 1 atom stereocenters. The number of likely N-dealkylation sites (tertiary alicyclic amines) is 1. The van der Waals surface area contributed by atoms with Gasteiger partial charge < -0.3 is 20.1 Å². The summed E-state index contributed by atoms with van der Waals surface area (Å²) in [6.07, 6.45) is -0.671. The minimum absolute atomic E-state index is 0.122. The van der Waals surface area contributed by atoms with Crippen molar-refractivity contribution in [1.82, 2.24) is 10.2 Å². The van der Waals surface area contributed by atoms with E-state index in [0.29, 0.717) is 13.1 Å². The first-order valence-corrected chi connectivity index (χ1v) is 8.94. The molecule has 2 saturated heterocycles. The first-order valence-electron chi connectivity index (χ1n) is 6.97. The number of hydrogen-bond acceptors (Lipinski definition) is 5. The summed E-state index contributed by atoms with van der Waals surface area (Å²) in [5.41, 5.74) is -0.561. The van der Waals surface area contributed by atoms with Crippen molar-refractivity contribution in [2.45, 2.75) is 42.9 Å². The molecule has 1 spiro atoms. The molecule has 2 rings (SSSR count). The number of carbonyl (C=O) groups is 2. The maximum absolute atomic E-state index is 12.0. The Morgan fingerprint density at radius 1 is 1.33 bits per heavy atom. The standard InChI is InChI=1S/C13H22N2O4S2/c1-12(2,3)19-10(16)14-9-8-15(11(17)18)5-4-13(9)20-6-7-21-13/h9H,4-8H2,1-3H3,(H,14,16)(H,17,18). The van der Waals surface area contributed by atoms with Crippen molar-refractivity contribution in [1.29, 1.82) is 0 Å². The lowest BCUT2D eigenvalue weighted by molar-refractivity contribution is 0.0467. The summed E-state index contributed by atoms with van der Waals surface area (Å²) in [4.78, 5) is 24.6. The minimum Gasteiger partial charge on any atom is -0.465 e. The van der Waals surface area contributed by atoms with Gasteiger partial charge in [0.1, 0.15) is 5.60 Å². The summed E-state index contributed by atoms with van der Waals surface area (Å²) in [7, 11) is 0. The molecule has 2 aliphatic rings. The van der Waals surface area contributed by atoms with E-state index < -0.39 is 17.8 Å². The number of carbonyl (C=O) groups excluding carboxylic acids is 1. The summed E-state index contributed by atoms with van der Waals surface area (Å²) in [5.74, 6) is 2.06. The third-order valence-electron chi connectivity index (χ3n) is 3.40. The van der Waals surface area contributed by atoms with Crippen molar-refractivity contribution in [3.63, 3.8) is 0 Å². The molecular formula is C13H22N2O4S2. The van der Waals surface area contributed by atoms with Gasteiger partial charge in [0.25, 0.3) is 0 Å². The molecule has 2 aliphatic heterocycles. The van der Waals surface area contributed by atoms with Crippen molar-refractivity contribution in [3.05, 3.63) is 0 Å². The Hall–Kier alpha value is -0.760. The first kappa shape index (κ1) is 16.6. The second-order valence-electron chi connectivity index (χ2n) is 6.19. The number of hydrogen-bond donors (Lipinski definition) is 2. The van der Waals surface area contributed by atoms with E-state index in [4.69, 9.17) is 4.74 Å². The molecule has 8 heteroatoms. The van der Waals surface area contributed by atoms with E-state index in [2.05, 4.69) is 5.32 Å². The van der Waals surface area contributed by atoms with Gasteiger partial charge in [0.2, 0.25) is 0 Å². The number of rotatable bonds is 1. The van der Waals surface area contributed by atoms with Gasteiger partial charge in [-0.25, -0.2) is 9.59 Å². The Bertz CT molecular complexity index is 419. The van der Waals surface area contributed by atoms with Crippen LogP contribution in [0.3, 0.4) is 0 Å². The number of carboxylic acid groups (broad SMARTS) is 1. The maximum atomic E-state index is 12.0. The fourth-order valence-electron chi connectivity index (χ4n) is 2.51. The first-order chi connectivity index (χ1) is 9.72.